The summed E-state index contributed by atoms with van der Waals surface area (Å²) in [6, 6.07) is 0. The van der Waals surface area contributed by atoms with Crippen molar-refractivity contribution in [1.82, 2.24) is 4.90 Å². The van der Waals surface area contributed by atoms with Crippen molar-refractivity contribution in [3.05, 3.63) is 0 Å². The number of rotatable bonds is 6. The smallest absolute Gasteiger partial charge is 0.0334 e. The molecular formula is C13H28N2. The Labute approximate surface area is 95.2 Å². The van der Waals surface area contributed by atoms with E-state index in [0.29, 0.717) is 5.54 Å². The van der Waals surface area contributed by atoms with Crippen LogP contribution >= 0.6 is 0 Å². The highest BCUT2D eigenvalue weighted by molar-refractivity contribution is 5.03. The molecule has 0 spiro atoms. The predicted octanol–water partition coefficient (Wildman–Crippen LogP) is 2.48. The number of likely N-dealkylation sites (N-methyl/N-ethyl adjacent to an activating group) is 1. The molecule has 0 aromatic carbocycles. The predicted molar refractivity (Wildman–Crippen MR) is 66.9 cm³/mol. The molecule has 0 heterocycles. The van der Waals surface area contributed by atoms with E-state index in [9.17, 15) is 0 Å². The van der Waals surface area contributed by atoms with Crippen molar-refractivity contribution in [2.45, 2.75) is 52.0 Å². The Balaban J connectivity index is 2.43. The van der Waals surface area contributed by atoms with E-state index in [1.807, 2.05) is 0 Å². The van der Waals surface area contributed by atoms with E-state index >= 15 is 0 Å². The molecule has 1 saturated carbocycles. The van der Waals surface area contributed by atoms with E-state index in [4.69, 9.17) is 5.73 Å². The highest BCUT2D eigenvalue weighted by Crippen LogP contribution is 2.44. The molecule has 0 amide bonds. The Morgan fingerprint density at radius 2 is 2.00 bits per heavy atom. The van der Waals surface area contributed by atoms with Gasteiger partial charge in [0.15, 0.2) is 0 Å². The lowest BCUT2D eigenvalue weighted by molar-refractivity contribution is -0.0201. The molecule has 15 heavy (non-hydrogen) atoms. The van der Waals surface area contributed by atoms with Gasteiger partial charge in [-0.2, -0.15) is 0 Å². The van der Waals surface area contributed by atoms with E-state index in [2.05, 4.69) is 32.7 Å². The van der Waals surface area contributed by atoms with Gasteiger partial charge in [0.25, 0.3) is 0 Å². The van der Waals surface area contributed by atoms with Crippen LogP contribution in [0, 0.1) is 11.8 Å². The highest BCUT2D eigenvalue weighted by atomic mass is 15.2. The standard InChI is InChI=1S/C13H28N2/c1-5-6-7-15(4)13(10-14)8-12(9-13)11(2)3/h11-12H,5-10,14H2,1-4H3. The van der Waals surface area contributed by atoms with Crippen LogP contribution in [0.3, 0.4) is 0 Å². The Kier molecular flexibility index (Phi) is 4.60. The number of hydrogen-bond donors (Lipinski definition) is 1. The van der Waals surface area contributed by atoms with E-state index in [1.165, 1.54) is 32.2 Å². The van der Waals surface area contributed by atoms with Crippen LogP contribution in [-0.2, 0) is 0 Å². The maximum Gasteiger partial charge on any atom is 0.0334 e. The molecule has 1 aliphatic rings. The van der Waals surface area contributed by atoms with Gasteiger partial charge in [-0.1, -0.05) is 27.2 Å². The average molecular weight is 212 g/mol. The van der Waals surface area contributed by atoms with Gasteiger partial charge in [-0.15, -0.1) is 0 Å². The third-order valence-electron chi connectivity index (χ3n) is 4.26. The van der Waals surface area contributed by atoms with Crippen molar-refractivity contribution in [3.63, 3.8) is 0 Å². The minimum absolute atomic E-state index is 0.337. The molecular weight excluding hydrogens is 184 g/mol. The summed E-state index contributed by atoms with van der Waals surface area (Å²) in [6.07, 6.45) is 5.19. The monoisotopic (exact) mass is 212 g/mol. The molecule has 0 unspecified atom stereocenters. The minimum Gasteiger partial charge on any atom is -0.329 e. The lowest BCUT2D eigenvalue weighted by Crippen LogP contribution is -2.61. The molecule has 2 nitrogen and oxygen atoms in total. The van der Waals surface area contributed by atoms with E-state index in [0.717, 1.165) is 18.4 Å². The Morgan fingerprint density at radius 3 is 2.40 bits per heavy atom. The molecule has 1 aliphatic carbocycles. The maximum atomic E-state index is 5.96. The topological polar surface area (TPSA) is 29.3 Å². The van der Waals surface area contributed by atoms with Crippen molar-refractivity contribution in [3.8, 4) is 0 Å². The molecule has 0 aromatic rings. The first-order chi connectivity index (χ1) is 7.05. The van der Waals surface area contributed by atoms with Gasteiger partial charge in [-0.05, 0) is 44.7 Å². The van der Waals surface area contributed by atoms with E-state index in [1.54, 1.807) is 0 Å². The van der Waals surface area contributed by atoms with Gasteiger partial charge < -0.3 is 5.73 Å². The van der Waals surface area contributed by atoms with Crippen LogP contribution < -0.4 is 5.73 Å². The summed E-state index contributed by atoms with van der Waals surface area (Å²) in [6.45, 7) is 8.95. The molecule has 0 aromatic heterocycles. The zero-order chi connectivity index (χ0) is 11.5. The quantitative estimate of drug-likeness (QED) is 0.733. The average Bonchev–Trinajstić information content (AvgIpc) is 2.13. The summed E-state index contributed by atoms with van der Waals surface area (Å²) in [5, 5.41) is 0. The summed E-state index contributed by atoms with van der Waals surface area (Å²) >= 11 is 0. The van der Waals surface area contributed by atoms with Gasteiger partial charge in [0, 0.05) is 12.1 Å². The molecule has 0 radical (unpaired) electrons. The number of nitrogens with two attached hydrogens (primary N) is 1. The van der Waals surface area contributed by atoms with Gasteiger partial charge in [0.2, 0.25) is 0 Å². The Bertz CT molecular complexity index is 183. The minimum atomic E-state index is 0.337. The first-order valence-electron chi connectivity index (χ1n) is 6.47. The molecule has 90 valence electrons. The van der Waals surface area contributed by atoms with Crippen molar-refractivity contribution < 1.29 is 0 Å². The van der Waals surface area contributed by atoms with Crippen molar-refractivity contribution in [1.29, 1.82) is 0 Å². The summed E-state index contributed by atoms with van der Waals surface area (Å²) in [7, 11) is 2.25. The van der Waals surface area contributed by atoms with Gasteiger partial charge >= 0.3 is 0 Å². The SMILES string of the molecule is CCCCN(C)C1(CN)CC(C(C)C)C1. The molecule has 0 atom stereocenters. The lowest BCUT2D eigenvalue weighted by Gasteiger charge is -2.54. The zero-order valence-corrected chi connectivity index (χ0v) is 10.9. The van der Waals surface area contributed by atoms with Crippen molar-refractivity contribution in [2.75, 3.05) is 20.1 Å². The van der Waals surface area contributed by atoms with Crippen LogP contribution in [0.4, 0.5) is 0 Å². The summed E-state index contributed by atoms with van der Waals surface area (Å²) in [5.41, 5.74) is 6.30. The molecule has 2 heteroatoms. The summed E-state index contributed by atoms with van der Waals surface area (Å²) in [4.78, 5) is 2.51. The first kappa shape index (κ1) is 13.0. The van der Waals surface area contributed by atoms with E-state index in [-0.39, 0.29) is 0 Å². The second kappa shape index (κ2) is 5.31. The fourth-order valence-electron chi connectivity index (χ4n) is 2.65. The third kappa shape index (κ3) is 2.73. The van der Waals surface area contributed by atoms with Crippen LogP contribution in [-0.4, -0.2) is 30.6 Å². The molecule has 0 bridgehead atoms. The normalized spacial score (nSPS) is 31.0. The lowest BCUT2D eigenvalue weighted by atomic mass is 9.63. The Morgan fingerprint density at radius 1 is 1.40 bits per heavy atom. The third-order valence-corrected chi connectivity index (χ3v) is 4.26. The fraction of sp³-hybridized carbons (Fsp3) is 1.00. The molecule has 1 rings (SSSR count). The van der Waals surface area contributed by atoms with Crippen molar-refractivity contribution >= 4 is 0 Å². The van der Waals surface area contributed by atoms with Gasteiger partial charge in [-0.3, -0.25) is 4.90 Å². The highest BCUT2D eigenvalue weighted by Gasteiger charge is 2.46. The van der Waals surface area contributed by atoms with Crippen LogP contribution in [0.15, 0.2) is 0 Å². The van der Waals surface area contributed by atoms with Crippen LogP contribution in [0.2, 0.25) is 0 Å². The first-order valence-corrected chi connectivity index (χ1v) is 6.47. The summed E-state index contributed by atoms with van der Waals surface area (Å²) in [5.74, 6) is 1.72. The van der Waals surface area contributed by atoms with Crippen LogP contribution in [0.25, 0.3) is 0 Å². The van der Waals surface area contributed by atoms with E-state index < -0.39 is 0 Å². The molecule has 0 aliphatic heterocycles. The van der Waals surface area contributed by atoms with Crippen molar-refractivity contribution in [2.24, 2.45) is 17.6 Å². The largest absolute Gasteiger partial charge is 0.329 e. The number of nitrogens with zero attached hydrogens (tertiary/aromatic N) is 1. The number of hydrogen-bond acceptors (Lipinski definition) is 2. The molecule has 0 saturated heterocycles. The second-order valence-electron chi connectivity index (χ2n) is 5.62. The second-order valence-corrected chi connectivity index (χ2v) is 5.62. The van der Waals surface area contributed by atoms with Gasteiger partial charge in [0.05, 0.1) is 0 Å². The van der Waals surface area contributed by atoms with Crippen LogP contribution in [0.1, 0.15) is 46.5 Å². The number of unbranched alkanes of at least 4 members (excludes halogenated alkanes) is 1. The fourth-order valence-corrected chi connectivity index (χ4v) is 2.65. The van der Waals surface area contributed by atoms with Gasteiger partial charge in [-0.25, -0.2) is 0 Å². The molecule has 1 fully saturated rings. The Hall–Kier alpha value is -0.0800. The summed E-state index contributed by atoms with van der Waals surface area (Å²) < 4.78 is 0. The van der Waals surface area contributed by atoms with Gasteiger partial charge in [0.1, 0.15) is 0 Å². The van der Waals surface area contributed by atoms with Crippen LogP contribution in [0.5, 0.6) is 0 Å². The molecule has 2 N–H and O–H groups in total. The zero-order valence-electron chi connectivity index (χ0n) is 10.9. The maximum absolute atomic E-state index is 5.96.